The van der Waals surface area contributed by atoms with E-state index in [1.807, 2.05) is 24.0 Å². The van der Waals surface area contributed by atoms with E-state index in [9.17, 15) is 0 Å². The highest BCUT2D eigenvalue weighted by Gasteiger charge is 2.15. The Hall–Kier alpha value is -3.52. The van der Waals surface area contributed by atoms with E-state index < -0.39 is 0 Å². The van der Waals surface area contributed by atoms with Gasteiger partial charge in [0.1, 0.15) is 0 Å². The summed E-state index contributed by atoms with van der Waals surface area (Å²) in [6.45, 7) is 2.16. The van der Waals surface area contributed by atoms with Gasteiger partial charge >= 0.3 is 0 Å². The minimum atomic E-state index is 1.12. The van der Waals surface area contributed by atoms with Crippen LogP contribution in [0, 0.1) is 6.92 Å². The molecule has 0 aliphatic carbocycles. The molecule has 0 bridgehead atoms. The lowest BCUT2D eigenvalue weighted by molar-refractivity contribution is -0.720. The highest BCUT2D eigenvalue weighted by molar-refractivity contribution is 6.13. The van der Waals surface area contributed by atoms with Crippen molar-refractivity contribution in [3.05, 3.63) is 96.7 Å². The average Bonchev–Trinajstić information content (AvgIpc) is 2.74. The Morgan fingerprint density at radius 1 is 0.679 bits per heavy atom. The molecule has 0 amide bonds. The average molecular weight is 361 g/mol. The monoisotopic (exact) mass is 361 g/mol. The Morgan fingerprint density at radius 3 is 2.25 bits per heavy atom. The quantitative estimate of drug-likeness (QED) is 0.284. The van der Waals surface area contributed by atoms with Gasteiger partial charge in [-0.2, -0.15) is 0 Å². The van der Waals surface area contributed by atoms with Gasteiger partial charge in [0, 0.05) is 6.07 Å². The van der Waals surface area contributed by atoms with E-state index in [2.05, 4.69) is 90.9 Å². The molecule has 5 rings (SSSR count). The number of benzene rings is 4. The Balaban J connectivity index is 1.81. The summed E-state index contributed by atoms with van der Waals surface area (Å²) in [5, 5.41) is 9.55. The smallest absolute Gasteiger partial charge is 0.0865 e. The van der Waals surface area contributed by atoms with Gasteiger partial charge in [-0.15, -0.1) is 0 Å². The first-order valence-electron chi connectivity index (χ1n) is 9.55. The maximum atomic E-state index is 4.41. The molecule has 5 aromatic rings. The van der Waals surface area contributed by atoms with Crippen LogP contribution < -0.4 is 4.68 Å². The molecule has 0 atom stereocenters. The van der Waals surface area contributed by atoms with E-state index in [4.69, 9.17) is 0 Å². The molecular formula is C26H21N2+. The Morgan fingerprint density at radius 2 is 1.43 bits per heavy atom. The zero-order valence-corrected chi connectivity index (χ0v) is 16.1. The fourth-order valence-electron chi connectivity index (χ4n) is 4.07. The lowest BCUT2D eigenvalue weighted by Gasteiger charge is -2.12. The first kappa shape index (κ1) is 16.6. The molecule has 0 aliphatic rings. The van der Waals surface area contributed by atoms with E-state index in [-0.39, 0.29) is 0 Å². The van der Waals surface area contributed by atoms with Crippen LogP contribution in [0.5, 0.6) is 0 Å². The van der Waals surface area contributed by atoms with Crippen LogP contribution in [-0.2, 0) is 7.05 Å². The second-order valence-electron chi connectivity index (χ2n) is 7.25. The van der Waals surface area contributed by atoms with E-state index in [1.54, 1.807) is 0 Å². The van der Waals surface area contributed by atoms with Gasteiger partial charge in [0.15, 0.2) is 7.05 Å². The van der Waals surface area contributed by atoms with Gasteiger partial charge in [0.25, 0.3) is 0 Å². The van der Waals surface area contributed by atoms with Crippen molar-refractivity contribution in [1.82, 2.24) is 5.10 Å². The van der Waals surface area contributed by atoms with Crippen molar-refractivity contribution in [2.75, 3.05) is 0 Å². The second-order valence-corrected chi connectivity index (χ2v) is 7.25. The molecule has 1 heterocycles. The number of nitrogens with zero attached hydrogens (tertiary/aromatic N) is 2. The molecule has 0 radical (unpaired) electrons. The molecule has 28 heavy (non-hydrogen) atoms. The molecule has 0 N–H and O–H groups in total. The van der Waals surface area contributed by atoms with Crippen LogP contribution in [0.25, 0.3) is 43.9 Å². The molecule has 4 aromatic carbocycles. The molecule has 0 saturated heterocycles. The van der Waals surface area contributed by atoms with Gasteiger partial charge in [-0.1, -0.05) is 65.3 Å². The molecule has 0 unspecified atom stereocenters. The maximum absolute atomic E-state index is 4.41. The molecule has 0 spiro atoms. The van der Waals surface area contributed by atoms with Gasteiger partial charge in [-0.05, 0) is 68.5 Å². The minimum Gasteiger partial charge on any atom is -0.0865 e. The van der Waals surface area contributed by atoms with Crippen LogP contribution in [0.15, 0.2) is 91.1 Å². The summed E-state index contributed by atoms with van der Waals surface area (Å²) in [6, 6.07) is 30.5. The van der Waals surface area contributed by atoms with Gasteiger partial charge in [-0.3, -0.25) is 0 Å². The molecule has 2 nitrogen and oxygen atoms in total. The number of hydrogen-bond donors (Lipinski definition) is 0. The highest BCUT2D eigenvalue weighted by Crippen LogP contribution is 2.36. The largest absolute Gasteiger partial charge is 0.239 e. The van der Waals surface area contributed by atoms with Crippen LogP contribution in [0.4, 0.5) is 0 Å². The Kier molecular flexibility index (Phi) is 3.91. The summed E-state index contributed by atoms with van der Waals surface area (Å²) in [6.07, 6.45) is 1.82. The number of aromatic nitrogens is 2. The first-order chi connectivity index (χ1) is 13.7. The Labute approximate surface area is 164 Å². The lowest BCUT2D eigenvalue weighted by Crippen LogP contribution is -2.35. The van der Waals surface area contributed by atoms with Crippen LogP contribution >= 0.6 is 0 Å². The van der Waals surface area contributed by atoms with Crippen LogP contribution in [0.3, 0.4) is 0 Å². The van der Waals surface area contributed by atoms with Crippen molar-refractivity contribution in [3.63, 3.8) is 0 Å². The lowest BCUT2D eigenvalue weighted by atomic mass is 9.91. The van der Waals surface area contributed by atoms with Crippen molar-refractivity contribution >= 4 is 21.5 Å². The molecule has 134 valence electrons. The molecule has 1 aromatic heterocycles. The summed E-state index contributed by atoms with van der Waals surface area (Å²) in [7, 11) is 1.99. The number of hydrogen-bond acceptors (Lipinski definition) is 1. The SMILES string of the molecule is Cc1ccc(-c2cc3ccccc3c3ccccc23)cc1-c1cccn[n+]1C. The van der Waals surface area contributed by atoms with Gasteiger partial charge in [0.05, 0.1) is 11.8 Å². The second kappa shape index (κ2) is 6.58. The zero-order valence-electron chi connectivity index (χ0n) is 16.1. The summed E-state index contributed by atoms with van der Waals surface area (Å²) >= 11 is 0. The topological polar surface area (TPSA) is 16.8 Å². The minimum absolute atomic E-state index is 1.12. The summed E-state index contributed by atoms with van der Waals surface area (Å²) in [4.78, 5) is 0. The van der Waals surface area contributed by atoms with Crippen LogP contribution in [0.2, 0.25) is 0 Å². The van der Waals surface area contributed by atoms with Crippen molar-refractivity contribution in [3.8, 4) is 22.4 Å². The summed E-state index contributed by atoms with van der Waals surface area (Å²) in [5.41, 5.74) is 6.07. The van der Waals surface area contributed by atoms with Gasteiger partial charge < -0.3 is 0 Å². The van der Waals surface area contributed by atoms with Crippen molar-refractivity contribution in [2.45, 2.75) is 6.92 Å². The van der Waals surface area contributed by atoms with E-state index in [1.165, 1.54) is 43.8 Å². The zero-order chi connectivity index (χ0) is 19.1. The standard InChI is InChI=1S/C26H21N2/c1-18-13-14-20(16-24(18)26-12-7-15-27-28(26)2)25-17-19-8-3-4-9-21(19)22-10-5-6-11-23(22)25/h3-17H,1-2H3/q+1. The number of aryl methyl sites for hydroxylation is 2. The van der Waals surface area contributed by atoms with E-state index in [0.29, 0.717) is 0 Å². The molecular weight excluding hydrogens is 340 g/mol. The van der Waals surface area contributed by atoms with Gasteiger partial charge in [-0.25, -0.2) is 0 Å². The third kappa shape index (κ3) is 2.66. The Bertz CT molecular complexity index is 1340. The number of rotatable bonds is 2. The third-order valence-corrected chi connectivity index (χ3v) is 5.52. The fraction of sp³-hybridized carbons (Fsp3) is 0.0769. The molecule has 0 aliphatic heterocycles. The normalized spacial score (nSPS) is 11.2. The van der Waals surface area contributed by atoms with E-state index >= 15 is 0 Å². The molecule has 0 fully saturated rings. The molecule has 0 saturated carbocycles. The first-order valence-corrected chi connectivity index (χ1v) is 9.55. The van der Waals surface area contributed by atoms with Crippen LogP contribution in [0.1, 0.15) is 5.56 Å². The third-order valence-electron chi connectivity index (χ3n) is 5.52. The van der Waals surface area contributed by atoms with E-state index in [0.717, 1.165) is 5.69 Å². The number of fused-ring (bicyclic) bond motifs is 3. The maximum Gasteiger partial charge on any atom is 0.239 e. The van der Waals surface area contributed by atoms with Crippen molar-refractivity contribution < 1.29 is 4.68 Å². The predicted molar refractivity (Wildman–Crippen MR) is 116 cm³/mol. The van der Waals surface area contributed by atoms with Crippen molar-refractivity contribution in [1.29, 1.82) is 0 Å². The summed E-state index contributed by atoms with van der Waals surface area (Å²) < 4.78 is 1.94. The summed E-state index contributed by atoms with van der Waals surface area (Å²) in [5.74, 6) is 0. The van der Waals surface area contributed by atoms with Crippen LogP contribution in [-0.4, -0.2) is 5.10 Å². The highest BCUT2D eigenvalue weighted by atomic mass is 15.2. The van der Waals surface area contributed by atoms with Crippen molar-refractivity contribution in [2.24, 2.45) is 7.05 Å². The molecule has 2 heteroatoms. The van der Waals surface area contributed by atoms with Gasteiger partial charge in [0.2, 0.25) is 5.69 Å². The fourth-order valence-corrected chi connectivity index (χ4v) is 4.07. The predicted octanol–water partition coefficient (Wildman–Crippen LogP) is 5.85.